The molecule has 11 nitrogen and oxygen atoms in total. The molecule has 0 amide bonds. The van der Waals surface area contributed by atoms with Gasteiger partial charge in [0, 0.05) is 0 Å². The molecule has 0 unspecified atom stereocenters. The van der Waals surface area contributed by atoms with Crippen LogP contribution in [0.4, 0.5) is 0 Å². The van der Waals surface area contributed by atoms with Crippen molar-refractivity contribution in [2.45, 2.75) is 38.4 Å². The second-order valence-electron chi connectivity index (χ2n) is 3.62. The van der Waals surface area contributed by atoms with Gasteiger partial charge in [-0.3, -0.25) is 35.1 Å². The van der Waals surface area contributed by atoms with Crippen LogP contribution in [0.1, 0.15) is 32.6 Å². The molecular formula is C8H13N3O8. The number of nitro groups is 3. The van der Waals surface area contributed by atoms with E-state index in [9.17, 15) is 35.1 Å². The van der Waals surface area contributed by atoms with Gasteiger partial charge in [-0.1, -0.05) is 13.3 Å². The lowest BCUT2D eigenvalue weighted by Gasteiger charge is -2.08. The minimum absolute atomic E-state index is 0.0672. The SMILES string of the molecule is CCCCOC(=O)CCC([N+](=O)[O-])([N+](=O)[O-])[N+](=O)[O-]. The van der Waals surface area contributed by atoms with Crippen LogP contribution in [0, 0.1) is 30.3 Å². The third kappa shape index (κ3) is 4.12. The molecule has 0 rings (SSSR count). The Morgan fingerprint density at radius 3 is 1.95 bits per heavy atom. The average molecular weight is 279 g/mol. The Morgan fingerprint density at radius 1 is 1.11 bits per heavy atom. The number of nitrogens with zero attached hydrogens (tertiary/aromatic N) is 3. The summed E-state index contributed by atoms with van der Waals surface area (Å²) < 4.78 is 4.61. The lowest BCUT2D eigenvalue weighted by atomic mass is 10.2. The minimum Gasteiger partial charge on any atom is -0.466 e. The fourth-order valence-electron chi connectivity index (χ4n) is 1.15. The molecular weight excluding hydrogens is 266 g/mol. The number of esters is 1. The van der Waals surface area contributed by atoms with Crippen molar-refractivity contribution in [1.82, 2.24) is 0 Å². The first-order chi connectivity index (χ1) is 8.78. The molecule has 11 heteroatoms. The van der Waals surface area contributed by atoms with Crippen molar-refractivity contribution in [2.75, 3.05) is 6.61 Å². The highest BCUT2D eigenvalue weighted by molar-refractivity contribution is 5.69. The molecule has 0 saturated carbocycles. The molecule has 0 bridgehead atoms. The zero-order valence-corrected chi connectivity index (χ0v) is 10.1. The Bertz CT molecular complexity index is 346. The Hall–Kier alpha value is -2.33. The Morgan fingerprint density at radius 2 is 1.58 bits per heavy atom. The van der Waals surface area contributed by atoms with Gasteiger partial charge < -0.3 is 4.74 Å². The Kier molecular flexibility index (Phi) is 6.30. The highest BCUT2D eigenvalue weighted by atomic mass is 16.7. The first-order valence-corrected chi connectivity index (χ1v) is 5.38. The van der Waals surface area contributed by atoms with Gasteiger partial charge in [-0.05, 0) is 6.42 Å². The highest BCUT2D eigenvalue weighted by Gasteiger charge is 2.69. The van der Waals surface area contributed by atoms with Crippen LogP contribution in [0.5, 0.6) is 0 Å². The molecule has 0 aliphatic rings. The summed E-state index contributed by atoms with van der Waals surface area (Å²) >= 11 is 0. The molecule has 0 N–H and O–H groups in total. The summed E-state index contributed by atoms with van der Waals surface area (Å²) in [5.74, 6) is -4.55. The molecule has 0 spiro atoms. The molecule has 0 atom stereocenters. The van der Waals surface area contributed by atoms with E-state index in [0.29, 0.717) is 6.42 Å². The van der Waals surface area contributed by atoms with Crippen molar-refractivity contribution in [2.24, 2.45) is 0 Å². The number of ether oxygens (including phenoxy) is 1. The van der Waals surface area contributed by atoms with Crippen molar-refractivity contribution in [1.29, 1.82) is 0 Å². The Labute approximate surface area is 107 Å². The molecule has 0 aromatic heterocycles. The van der Waals surface area contributed by atoms with Gasteiger partial charge in [0.05, 0.1) is 13.0 Å². The molecule has 0 saturated heterocycles. The van der Waals surface area contributed by atoms with E-state index in [1.165, 1.54) is 0 Å². The van der Waals surface area contributed by atoms with Crippen LogP contribution in [0.3, 0.4) is 0 Å². The van der Waals surface area contributed by atoms with Gasteiger partial charge in [-0.25, -0.2) is 0 Å². The normalized spacial score (nSPS) is 10.8. The summed E-state index contributed by atoms with van der Waals surface area (Å²) in [6, 6.07) is 0. The quantitative estimate of drug-likeness (QED) is 0.195. The molecule has 0 aromatic rings. The van der Waals surface area contributed by atoms with E-state index in [2.05, 4.69) is 4.74 Å². The van der Waals surface area contributed by atoms with E-state index in [4.69, 9.17) is 0 Å². The van der Waals surface area contributed by atoms with Crippen molar-refractivity contribution < 1.29 is 24.3 Å². The van der Waals surface area contributed by atoms with E-state index >= 15 is 0 Å². The van der Waals surface area contributed by atoms with Crippen molar-refractivity contribution in [3.8, 4) is 0 Å². The molecule has 0 aliphatic carbocycles. The monoisotopic (exact) mass is 279 g/mol. The average Bonchev–Trinajstić information content (AvgIpc) is 2.28. The molecule has 19 heavy (non-hydrogen) atoms. The van der Waals surface area contributed by atoms with Gasteiger partial charge in [-0.15, -0.1) is 0 Å². The predicted molar refractivity (Wildman–Crippen MR) is 58.8 cm³/mol. The second-order valence-corrected chi connectivity index (χ2v) is 3.62. The van der Waals surface area contributed by atoms with E-state index < -0.39 is 39.4 Å². The van der Waals surface area contributed by atoms with Gasteiger partial charge in [-0.2, -0.15) is 0 Å². The van der Waals surface area contributed by atoms with Crippen molar-refractivity contribution in [3.63, 3.8) is 0 Å². The lowest BCUT2D eigenvalue weighted by molar-refractivity contribution is -0.970. The third-order valence-electron chi connectivity index (χ3n) is 2.30. The Balaban J connectivity index is 4.69. The topological polar surface area (TPSA) is 156 Å². The number of rotatable bonds is 9. The van der Waals surface area contributed by atoms with Crippen molar-refractivity contribution >= 4 is 5.97 Å². The van der Waals surface area contributed by atoms with E-state index in [0.717, 1.165) is 6.42 Å². The largest absolute Gasteiger partial charge is 0.700 e. The van der Waals surface area contributed by atoms with Crippen LogP contribution in [0.2, 0.25) is 0 Å². The van der Waals surface area contributed by atoms with Gasteiger partial charge >= 0.3 is 11.8 Å². The second kappa shape index (κ2) is 7.18. The van der Waals surface area contributed by atoms with E-state index in [1.807, 2.05) is 6.92 Å². The molecule has 0 heterocycles. The van der Waals surface area contributed by atoms with Gasteiger partial charge in [0.1, 0.15) is 0 Å². The first-order valence-electron chi connectivity index (χ1n) is 5.38. The van der Waals surface area contributed by atoms with E-state index in [1.54, 1.807) is 0 Å². The summed E-state index contributed by atoms with van der Waals surface area (Å²) in [4.78, 5) is 37.9. The molecule has 0 aromatic carbocycles. The molecule has 108 valence electrons. The summed E-state index contributed by atoms with van der Waals surface area (Å²) in [5.41, 5.74) is 0. The van der Waals surface area contributed by atoms with E-state index in [-0.39, 0.29) is 6.61 Å². The minimum atomic E-state index is -3.61. The standard InChI is InChI=1S/C8H13N3O8/c1-2-3-6-19-7(12)4-5-8(9(13)14,10(15)16)11(17)18/h2-6H2,1H3. The number of carbonyl (C=O) groups is 1. The zero-order valence-electron chi connectivity index (χ0n) is 10.1. The van der Waals surface area contributed by atoms with Gasteiger partial charge in [0.2, 0.25) is 0 Å². The summed E-state index contributed by atoms with van der Waals surface area (Å²) in [6.07, 6.45) is -0.621. The van der Waals surface area contributed by atoms with Crippen molar-refractivity contribution in [3.05, 3.63) is 30.3 Å². The maximum absolute atomic E-state index is 11.1. The third-order valence-corrected chi connectivity index (χ3v) is 2.30. The summed E-state index contributed by atoms with van der Waals surface area (Å²) in [6.45, 7) is 1.91. The number of carbonyl (C=O) groups excluding carboxylic acids is 1. The summed E-state index contributed by atoms with van der Waals surface area (Å²) in [5, 5.41) is 31.6. The lowest BCUT2D eigenvalue weighted by Crippen LogP contribution is -2.53. The van der Waals surface area contributed by atoms with Crippen LogP contribution in [-0.4, -0.2) is 33.1 Å². The fraction of sp³-hybridized carbons (Fsp3) is 0.875. The molecule has 0 radical (unpaired) electrons. The maximum Gasteiger partial charge on any atom is 0.700 e. The van der Waals surface area contributed by atoms with Crippen LogP contribution < -0.4 is 0 Å². The number of hydrogen-bond donors (Lipinski definition) is 0. The van der Waals surface area contributed by atoms with Crippen LogP contribution in [-0.2, 0) is 9.53 Å². The maximum atomic E-state index is 11.1. The first kappa shape index (κ1) is 16.7. The van der Waals surface area contributed by atoms with Gasteiger partial charge in [0.25, 0.3) is 0 Å². The van der Waals surface area contributed by atoms with Gasteiger partial charge in [0.15, 0.2) is 21.2 Å². The smallest absolute Gasteiger partial charge is 0.466 e. The molecule has 0 aliphatic heterocycles. The summed E-state index contributed by atoms with van der Waals surface area (Å²) in [7, 11) is 0. The zero-order chi connectivity index (χ0) is 15.1. The predicted octanol–water partition coefficient (Wildman–Crippen LogP) is 0.594. The highest BCUT2D eigenvalue weighted by Crippen LogP contribution is 2.19. The number of hydrogen-bond acceptors (Lipinski definition) is 8. The molecule has 0 fully saturated rings. The fourth-order valence-corrected chi connectivity index (χ4v) is 1.15. The van der Waals surface area contributed by atoms with Crippen LogP contribution >= 0.6 is 0 Å². The number of unbranched alkanes of at least 4 members (excludes halogenated alkanes) is 1. The van der Waals surface area contributed by atoms with Crippen LogP contribution in [0.15, 0.2) is 0 Å². The van der Waals surface area contributed by atoms with Crippen LogP contribution in [0.25, 0.3) is 0 Å².